The van der Waals surface area contributed by atoms with Crippen molar-refractivity contribution < 1.29 is 9.84 Å². The molecule has 6 nitrogen and oxygen atoms in total. The van der Waals surface area contributed by atoms with Gasteiger partial charge < -0.3 is 20.5 Å². The maximum atomic E-state index is 8.71. The van der Waals surface area contributed by atoms with E-state index in [1.807, 2.05) is 20.0 Å². The molecule has 0 fully saturated rings. The number of unbranched alkanes of at least 4 members (excludes halogenated alkanes) is 2. The second kappa shape index (κ2) is 9.52. The van der Waals surface area contributed by atoms with Crippen LogP contribution >= 0.6 is 0 Å². The summed E-state index contributed by atoms with van der Waals surface area (Å²) in [7, 11) is 1.83. The molecule has 19 heavy (non-hydrogen) atoms. The minimum Gasteiger partial charge on any atom is -0.396 e. The van der Waals surface area contributed by atoms with Gasteiger partial charge in [-0.05, 0) is 26.2 Å². The first-order valence-corrected chi connectivity index (χ1v) is 6.78. The third kappa shape index (κ3) is 6.35. The molecule has 108 valence electrons. The lowest BCUT2D eigenvalue weighted by atomic mass is 10.2. The zero-order valence-corrected chi connectivity index (χ0v) is 11.8. The Kier molecular flexibility index (Phi) is 7.84. The van der Waals surface area contributed by atoms with Gasteiger partial charge >= 0.3 is 0 Å². The fraction of sp³-hybridized carbons (Fsp3) is 0.692. The Hall–Kier alpha value is -1.40. The molecule has 0 amide bonds. The van der Waals surface area contributed by atoms with Crippen LogP contribution in [0.3, 0.4) is 0 Å². The molecule has 0 spiro atoms. The van der Waals surface area contributed by atoms with E-state index in [1.165, 1.54) is 0 Å². The zero-order chi connectivity index (χ0) is 13.9. The van der Waals surface area contributed by atoms with Gasteiger partial charge in [-0.25, -0.2) is 9.97 Å². The average molecular weight is 268 g/mol. The lowest BCUT2D eigenvalue weighted by Gasteiger charge is -2.09. The minimum absolute atomic E-state index is 0.260. The van der Waals surface area contributed by atoms with Gasteiger partial charge in [0.25, 0.3) is 0 Å². The number of ether oxygens (including phenoxy) is 1. The first-order chi connectivity index (χ1) is 9.30. The maximum absolute atomic E-state index is 8.71. The second-order valence-corrected chi connectivity index (χ2v) is 4.15. The fourth-order valence-electron chi connectivity index (χ4n) is 1.60. The summed E-state index contributed by atoms with van der Waals surface area (Å²) in [4.78, 5) is 8.73. The smallest absolute Gasteiger partial charge is 0.158 e. The molecule has 1 rings (SSSR count). The lowest BCUT2D eigenvalue weighted by Crippen LogP contribution is -2.09. The van der Waals surface area contributed by atoms with Gasteiger partial charge in [0, 0.05) is 32.9 Å². The Morgan fingerprint density at radius 2 is 2.00 bits per heavy atom. The summed E-state index contributed by atoms with van der Waals surface area (Å²) in [6.07, 6.45) is 2.88. The molecule has 0 aliphatic rings. The summed E-state index contributed by atoms with van der Waals surface area (Å²) in [6.45, 7) is 4.12. The van der Waals surface area contributed by atoms with E-state index in [4.69, 9.17) is 9.84 Å². The van der Waals surface area contributed by atoms with Crippen molar-refractivity contribution in [2.45, 2.75) is 32.8 Å². The molecule has 1 heterocycles. The van der Waals surface area contributed by atoms with Crippen molar-refractivity contribution in [2.24, 2.45) is 0 Å². The molecule has 0 aliphatic heterocycles. The average Bonchev–Trinajstić information content (AvgIpc) is 2.44. The molecule has 0 atom stereocenters. The second-order valence-electron chi connectivity index (χ2n) is 4.15. The van der Waals surface area contributed by atoms with Gasteiger partial charge in [0.15, 0.2) is 5.82 Å². The molecule has 3 N–H and O–H groups in total. The predicted molar refractivity (Wildman–Crippen MR) is 76.3 cm³/mol. The normalized spacial score (nSPS) is 10.5. The van der Waals surface area contributed by atoms with Gasteiger partial charge in [-0.15, -0.1) is 0 Å². The third-order valence-electron chi connectivity index (χ3n) is 2.60. The monoisotopic (exact) mass is 268 g/mol. The molecular formula is C13H24N4O2. The van der Waals surface area contributed by atoms with Crippen molar-refractivity contribution in [3.8, 4) is 0 Å². The molecular weight excluding hydrogens is 244 g/mol. The van der Waals surface area contributed by atoms with Crippen LogP contribution in [0.2, 0.25) is 0 Å². The van der Waals surface area contributed by atoms with Gasteiger partial charge in [0.1, 0.15) is 18.2 Å². The van der Waals surface area contributed by atoms with Gasteiger partial charge in [0.2, 0.25) is 0 Å². The maximum Gasteiger partial charge on any atom is 0.158 e. The summed E-state index contributed by atoms with van der Waals surface area (Å²) in [6, 6.07) is 1.88. The van der Waals surface area contributed by atoms with Crippen molar-refractivity contribution in [3.05, 3.63) is 11.9 Å². The molecule has 0 radical (unpaired) electrons. The van der Waals surface area contributed by atoms with Crippen LogP contribution in [-0.4, -0.2) is 41.9 Å². The molecule has 0 aliphatic carbocycles. The highest BCUT2D eigenvalue weighted by Crippen LogP contribution is 2.11. The molecule has 0 saturated carbocycles. The highest BCUT2D eigenvalue weighted by atomic mass is 16.5. The number of aliphatic hydroxyl groups is 1. The highest BCUT2D eigenvalue weighted by molar-refractivity contribution is 5.47. The van der Waals surface area contributed by atoms with E-state index in [2.05, 4.69) is 20.6 Å². The van der Waals surface area contributed by atoms with Crippen molar-refractivity contribution in [1.29, 1.82) is 0 Å². The number of nitrogens with zero attached hydrogens (tertiary/aromatic N) is 2. The summed E-state index contributed by atoms with van der Waals surface area (Å²) in [5.74, 6) is 2.26. The van der Waals surface area contributed by atoms with Crippen LogP contribution in [0.5, 0.6) is 0 Å². The predicted octanol–water partition coefficient (Wildman–Crippen LogP) is 1.63. The Labute approximate surface area is 114 Å². The van der Waals surface area contributed by atoms with Gasteiger partial charge in [-0.2, -0.15) is 0 Å². The van der Waals surface area contributed by atoms with Crippen molar-refractivity contribution in [1.82, 2.24) is 9.97 Å². The lowest BCUT2D eigenvalue weighted by molar-refractivity contribution is 0.128. The topological polar surface area (TPSA) is 79.3 Å². The molecule has 6 heteroatoms. The van der Waals surface area contributed by atoms with E-state index >= 15 is 0 Å². The standard InChI is InChI=1S/C13H24N4O2/c1-3-19-10-13-16-11(14-2)9-12(17-13)15-7-5-4-6-8-18/h9,18H,3-8,10H2,1-2H3,(H2,14,15,16,17). The Morgan fingerprint density at radius 1 is 1.21 bits per heavy atom. The number of hydrogen-bond donors (Lipinski definition) is 3. The Balaban J connectivity index is 2.50. The SMILES string of the molecule is CCOCc1nc(NC)cc(NCCCCCO)n1. The summed E-state index contributed by atoms with van der Waals surface area (Å²) < 4.78 is 5.32. The van der Waals surface area contributed by atoms with E-state index in [9.17, 15) is 0 Å². The molecule has 0 unspecified atom stereocenters. The largest absolute Gasteiger partial charge is 0.396 e. The van der Waals surface area contributed by atoms with E-state index in [0.717, 1.165) is 37.4 Å². The third-order valence-corrected chi connectivity index (χ3v) is 2.60. The van der Waals surface area contributed by atoms with E-state index in [1.54, 1.807) is 0 Å². The van der Waals surface area contributed by atoms with Crippen LogP contribution < -0.4 is 10.6 Å². The molecule has 1 aromatic rings. The quantitative estimate of drug-likeness (QED) is 0.560. The number of rotatable bonds is 10. The number of aliphatic hydroxyl groups excluding tert-OH is 1. The minimum atomic E-state index is 0.260. The Bertz CT molecular complexity index is 360. The van der Waals surface area contributed by atoms with E-state index in [-0.39, 0.29) is 6.61 Å². The van der Waals surface area contributed by atoms with Crippen LogP contribution in [0, 0.1) is 0 Å². The fourth-order valence-corrected chi connectivity index (χ4v) is 1.60. The first-order valence-electron chi connectivity index (χ1n) is 6.78. The van der Waals surface area contributed by atoms with Crippen molar-refractivity contribution in [2.75, 3.05) is 37.4 Å². The van der Waals surface area contributed by atoms with E-state index in [0.29, 0.717) is 19.0 Å². The van der Waals surface area contributed by atoms with Crippen LogP contribution in [0.25, 0.3) is 0 Å². The molecule has 0 aromatic carbocycles. The number of aromatic nitrogens is 2. The number of nitrogens with one attached hydrogen (secondary N) is 2. The summed E-state index contributed by atoms with van der Waals surface area (Å²) in [5, 5.41) is 15.0. The van der Waals surface area contributed by atoms with Crippen LogP contribution in [-0.2, 0) is 11.3 Å². The van der Waals surface area contributed by atoms with Gasteiger partial charge in [0.05, 0.1) is 0 Å². The molecule has 1 aromatic heterocycles. The van der Waals surface area contributed by atoms with Crippen LogP contribution in [0.4, 0.5) is 11.6 Å². The van der Waals surface area contributed by atoms with Crippen LogP contribution in [0.1, 0.15) is 32.0 Å². The molecule has 0 bridgehead atoms. The molecule has 0 saturated heterocycles. The van der Waals surface area contributed by atoms with Crippen LogP contribution in [0.15, 0.2) is 6.07 Å². The number of hydrogen-bond acceptors (Lipinski definition) is 6. The van der Waals surface area contributed by atoms with E-state index < -0.39 is 0 Å². The van der Waals surface area contributed by atoms with Gasteiger partial charge in [-0.3, -0.25) is 0 Å². The highest BCUT2D eigenvalue weighted by Gasteiger charge is 2.03. The van der Waals surface area contributed by atoms with Crippen molar-refractivity contribution in [3.63, 3.8) is 0 Å². The summed E-state index contributed by atoms with van der Waals surface area (Å²) in [5.41, 5.74) is 0. The Morgan fingerprint density at radius 3 is 2.68 bits per heavy atom. The first kappa shape index (κ1) is 15.7. The number of anilines is 2. The zero-order valence-electron chi connectivity index (χ0n) is 11.8. The summed E-state index contributed by atoms with van der Waals surface area (Å²) >= 11 is 0. The van der Waals surface area contributed by atoms with Crippen molar-refractivity contribution >= 4 is 11.6 Å². The van der Waals surface area contributed by atoms with Gasteiger partial charge in [-0.1, -0.05) is 0 Å².